The van der Waals surface area contributed by atoms with Crippen molar-refractivity contribution >= 4 is 16.5 Å². The summed E-state index contributed by atoms with van der Waals surface area (Å²) in [5, 5.41) is 1.40. The van der Waals surface area contributed by atoms with Gasteiger partial charge >= 0.3 is 0 Å². The molecule has 0 fully saturated rings. The van der Waals surface area contributed by atoms with Crippen molar-refractivity contribution < 1.29 is 0 Å². The van der Waals surface area contributed by atoms with Crippen LogP contribution < -0.4 is 0 Å². The number of rotatable bonds is 2. The van der Waals surface area contributed by atoms with Gasteiger partial charge in [0.1, 0.15) is 0 Å². The minimum Gasteiger partial charge on any atom is -0.336 e. The first-order valence-electron chi connectivity index (χ1n) is 14.5. The molecule has 40 heavy (non-hydrogen) atoms. The normalized spacial score (nSPS) is 16.5. The molecule has 1 aromatic heterocycles. The molecule has 0 saturated heterocycles. The first-order valence-corrected chi connectivity index (χ1v) is 14.5. The molecule has 3 aliphatic rings. The molecule has 4 aromatic carbocycles. The average molecular weight is 518 g/mol. The molecule has 0 spiro atoms. The van der Waals surface area contributed by atoms with Crippen molar-refractivity contribution in [1.29, 1.82) is 0 Å². The van der Waals surface area contributed by atoms with Gasteiger partial charge in [0.25, 0.3) is 0 Å². The molecule has 0 amide bonds. The number of hydrogen-bond acceptors (Lipinski definition) is 0. The van der Waals surface area contributed by atoms with Crippen LogP contribution in [0.15, 0.2) is 121 Å². The van der Waals surface area contributed by atoms with Crippen LogP contribution in [0.4, 0.5) is 0 Å². The van der Waals surface area contributed by atoms with Gasteiger partial charge in [-0.3, -0.25) is 0 Å². The lowest BCUT2D eigenvalue weighted by atomic mass is 9.94. The summed E-state index contributed by atoms with van der Waals surface area (Å²) < 4.78 is 2.57. The monoisotopic (exact) mass is 517 g/mol. The Morgan fingerprint density at radius 2 is 1.45 bits per heavy atom. The third-order valence-corrected chi connectivity index (χ3v) is 8.77. The second kappa shape index (κ2) is 9.99. The van der Waals surface area contributed by atoms with Crippen LogP contribution in [0.25, 0.3) is 27.6 Å². The average Bonchev–Trinajstić information content (AvgIpc) is 3.61. The molecule has 1 heteroatoms. The quantitative estimate of drug-likeness (QED) is 0.215. The molecule has 0 bridgehead atoms. The smallest absolute Gasteiger partial charge is 0.0557 e. The third kappa shape index (κ3) is 4.09. The summed E-state index contributed by atoms with van der Waals surface area (Å²) in [4.78, 5) is 0. The van der Waals surface area contributed by atoms with Gasteiger partial charge in [0.15, 0.2) is 0 Å². The molecule has 5 aromatic rings. The zero-order valence-electron chi connectivity index (χ0n) is 23.6. The standard InChI is InChI=1S/C22H19N.C17H16/c1-15-11-12-18-16(13-15)14-21-22(18)19-9-5-6-10-20(19)23(21)17-7-3-2-4-8-17;1-12-7-3-5-9-15(12)17-13(2)11-14-8-4-6-10-16(14)17/h2-7,9-13,17H,8,14H2,1H3;3-10H,11H2,1-2H3. The Balaban J connectivity index is 0.000000139. The topological polar surface area (TPSA) is 4.93 Å². The summed E-state index contributed by atoms with van der Waals surface area (Å²) in [5.41, 5.74) is 17.1. The minimum absolute atomic E-state index is 0.434. The predicted octanol–water partition coefficient (Wildman–Crippen LogP) is 9.95. The van der Waals surface area contributed by atoms with E-state index in [9.17, 15) is 0 Å². The van der Waals surface area contributed by atoms with Crippen molar-refractivity contribution in [2.75, 3.05) is 0 Å². The molecule has 1 heterocycles. The Hall–Kier alpha value is -4.36. The summed E-state index contributed by atoms with van der Waals surface area (Å²) in [6.45, 7) is 6.63. The number of nitrogens with zero attached hydrogens (tertiary/aromatic N) is 1. The van der Waals surface area contributed by atoms with Gasteiger partial charge in [0, 0.05) is 28.6 Å². The number of aryl methyl sites for hydroxylation is 2. The summed E-state index contributed by atoms with van der Waals surface area (Å²) in [7, 11) is 0. The van der Waals surface area contributed by atoms with E-state index in [0.717, 1.165) is 19.3 Å². The summed E-state index contributed by atoms with van der Waals surface area (Å²) in [6, 6.07) is 33.6. The van der Waals surface area contributed by atoms with Crippen LogP contribution in [0.5, 0.6) is 0 Å². The van der Waals surface area contributed by atoms with Crippen molar-refractivity contribution in [2.45, 2.75) is 46.1 Å². The van der Waals surface area contributed by atoms with E-state index in [4.69, 9.17) is 0 Å². The Morgan fingerprint density at radius 1 is 0.675 bits per heavy atom. The maximum atomic E-state index is 2.57. The molecule has 196 valence electrons. The minimum atomic E-state index is 0.434. The van der Waals surface area contributed by atoms with Crippen LogP contribution >= 0.6 is 0 Å². The van der Waals surface area contributed by atoms with Gasteiger partial charge in [0.05, 0.1) is 6.04 Å². The Bertz CT molecular complexity index is 1860. The lowest BCUT2D eigenvalue weighted by molar-refractivity contribution is 0.610. The lowest BCUT2D eigenvalue weighted by Gasteiger charge is -2.19. The van der Waals surface area contributed by atoms with Gasteiger partial charge in [-0.1, -0.05) is 120 Å². The highest BCUT2D eigenvalue weighted by atomic mass is 15.0. The zero-order valence-corrected chi connectivity index (χ0v) is 23.6. The van der Waals surface area contributed by atoms with Crippen LogP contribution in [-0.2, 0) is 12.8 Å². The highest BCUT2D eigenvalue weighted by Crippen LogP contribution is 2.45. The van der Waals surface area contributed by atoms with E-state index in [1.54, 1.807) is 0 Å². The SMILES string of the molecule is CC1=C(c2ccccc2C)c2ccccc2C1.Cc1ccc2c(c1)Cc1c-2c2ccccc2n1C1C=CC=CC1. The fraction of sp³-hybridized carbons (Fsp3) is 0.179. The second-order valence-electron chi connectivity index (χ2n) is 11.5. The number of benzene rings is 4. The maximum absolute atomic E-state index is 2.57. The van der Waals surface area contributed by atoms with Gasteiger partial charge in [-0.2, -0.15) is 0 Å². The fourth-order valence-corrected chi connectivity index (χ4v) is 6.97. The van der Waals surface area contributed by atoms with E-state index in [0.29, 0.717) is 6.04 Å². The fourth-order valence-electron chi connectivity index (χ4n) is 6.97. The summed E-state index contributed by atoms with van der Waals surface area (Å²) in [5.74, 6) is 0. The van der Waals surface area contributed by atoms with Crippen LogP contribution in [0.3, 0.4) is 0 Å². The van der Waals surface area contributed by atoms with Crippen LogP contribution in [0, 0.1) is 13.8 Å². The third-order valence-electron chi connectivity index (χ3n) is 8.77. The van der Waals surface area contributed by atoms with Gasteiger partial charge in [-0.15, -0.1) is 0 Å². The molecule has 0 saturated carbocycles. The van der Waals surface area contributed by atoms with Crippen LogP contribution in [-0.4, -0.2) is 4.57 Å². The van der Waals surface area contributed by atoms with E-state index in [1.807, 2.05) is 0 Å². The van der Waals surface area contributed by atoms with Crippen molar-refractivity contribution in [3.05, 3.63) is 160 Å². The van der Waals surface area contributed by atoms with Crippen molar-refractivity contribution in [3.8, 4) is 11.1 Å². The predicted molar refractivity (Wildman–Crippen MR) is 170 cm³/mol. The number of aromatic nitrogens is 1. The molecule has 3 aliphatic carbocycles. The molecule has 8 rings (SSSR count). The molecule has 0 aliphatic heterocycles. The van der Waals surface area contributed by atoms with Gasteiger partial charge < -0.3 is 4.57 Å². The van der Waals surface area contributed by atoms with Crippen molar-refractivity contribution in [3.63, 3.8) is 0 Å². The number of hydrogen-bond donors (Lipinski definition) is 0. The maximum Gasteiger partial charge on any atom is 0.0557 e. The molecule has 1 unspecified atom stereocenters. The number of allylic oxidation sites excluding steroid dienone is 5. The summed E-state index contributed by atoms with van der Waals surface area (Å²) >= 11 is 0. The number of fused-ring (bicyclic) bond motifs is 6. The largest absolute Gasteiger partial charge is 0.336 e. The molecular weight excluding hydrogens is 482 g/mol. The molecule has 1 atom stereocenters. The first-order chi connectivity index (χ1) is 19.6. The molecule has 0 radical (unpaired) electrons. The van der Waals surface area contributed by atoms with Gasteiger partial charge in [0.2, 0.25) is 0 Å². The zero-order chi connectivity index (χ0) is 27.2. The van der Waals surface area contributed by atoms with Crippen LogP contribution in [0.1, 0.15) is 58.5 Å². The highest BCUT2D eigenvalue weighted by Gasteiger charge is 2.28. The van der Waals surface area contributed by atoms with E-state index in [1.165, 1.54) is 72.3 Å². The lowest BCUT2D eigenvalue weighted by Crippen LogP contribution is -2.10. The Morgan fingerprint density at radius 3 is 2.27 bits per heavy atom. The molecular formula is C39H35N. The molecule has 1 nitrogen and oxygen atoms in total. The second-order valence-corrected chi connectivity index (χ2v) is 11.5. The van der Waals surface area contributed by atoms with E-state index in [2.05, 4.69) is 141 Å². The van der Waals surface area contributed by atoms with Gasteiger partial charge in [-0.25, -0.2) is 0 Å². The van der Waals surface area contributed by atoms with Gasteiger partial charge in [-0.05, 0) is 78.6 Å². The van der Waals surface area contributed by atoms with E-state index < -0.39 is 0 Å². The Kier molecular flexibility index (Phi) is 6.16. The highest BCUT2D eigenvalue weighted by molar-refractivity contribution is 6.01. The van der Waals surface area contributed by atoms with Crippen molar-refractivity contribution in [2.24, 2.45) is 0 Å². The molecule has 0 N–H and O–H groups in total. The number of para-hydroxylation sites is 1. The first kappa shape index (κ1) is 24.7. The van der Waals surface area contributed by atoms with Crippen molar-refractivity contribution in [1.82, 2.24) is 4.57 Å². The van der Waals surface area contributed by atoms with E-state index in [-0.39, 0.29) is 0 Å². The Labute approximate surface area is 237 Å². The summed E-state index contributed by atoms with van der Waals surface area (Å²) in [6.07, 6.45) is 12.2. The van der Waals surface area contributed by atoms with Crippen LogP contribution in [0.2, 0.25) is 0 Å². The van der Waals surface area contributed by atoms with E-state index >= 15 is 0 Å².